The van der Waals surface area contributed by atoms with Gasteiger partial charge < -0.3 is 10.0 Å². The summed E-state index contributed by atoms with van der Waals surface area (Å²) >= 11 is 1.74. The Balaban J connectivity index is 2.41. The highest BCUT2D eigenvalue weighted by Crippen LogP contribution is 2.15. The van der Waals surface area contributed by atoms with Gasteiger partial charge in [0.05, 0.1) is 6.42 Å². The Bertz CT molecular complexity index is 378. The standard InChI is InChI=1S/C14H21NO2S/c1-11(10-14(16)17)15(2)9-8-12-4-6-13(18-3)7-5-12/h4-7,11H,8-10H2,1-3H3,(H,16,17). The summed E-state index contributed by atoms with van der Waals surface area (Å²) in [6.45, 7) is 2.83. The van der Waals surface area contributed by atoms with Crippen LogP contribution in [0.2, 0.25) is 0 Å². The average Bonchev–Trinajstić information content (AvgIpc) is 2.35. The van der Waals surface area contributed by atoms with E-state index in [0.717, 1.165) is 13.0 Å². The molecular weight excluding hydrogens is 246 g/mol. The van der Waals surface area contributed by atoms with Crippen LogP contribution in [0.4, 0.5) is 0 Å². The summed E-state index contributed by atoms with van der Waals surface area (Å²) in [5.74, 6) is -0.737. The third-order valence-corrected chi connectivity index (χ3v) is 3.88. The molecule has 0 amide bonds. The lowest BCUT2D eigenvalue weighted by Crippen LogP contribution is -2.32. The first-order chi connectivity index (χ1) is 8.52. The number of nitrogens with zero attached hydrogens (tertiary/aromatic N) is 1. The van der Waals surface area contributed by atoms with Crippen molar-refractivity contribution in [1.82, 2.24) is 4.90 Å². The van der Waals surface area contributed by atoms with Gasteiger partial charge in [-0.15, -0.1) is 11.8 Å². The zero-order valence-electron chi connectivity index (χ0n) is 11.2. The Morgan fingerprint density at radius 3 is 2.50 bits per heavy atom. The Morgan fingerprint density at radius 2 is 2.00 bits per heavy atom. The minimum atomic E-state index is -0.737. The number of rotatable bonds is 7. The van der Waals surface area contributed by atoms with Crippen LogP contribution < -0.4 is 0 Å². The molecule has 1 rings (SSSR count). The number of benzene rings is 1. The molecule has 0 saturated heterocycles. The molecule has 4 heteroatoms. The molecule has 1 aromatic rings. The minimum Gasteiger partial charge on any atom is -0.481 e. The van der Waals surface area contributed by atoms with Gasteiger partial charge >= 0.3 is 5.97 Å². The van der Waals surface area contributed by atoms with E-state index in [9.17, 15) is 4.79 Å². The highest BCUT2D eigenvalue weighted by Gasteiger charge is 2.12. The van der Waals surface area contributed by atoms with E-state index < -0.39 is 5.97 Å². The smallest absolute Gasteiger partial charge is 0.304 e. The topological polar surface area (TPSA) is 40.5 Å². The van der Waals surface area contributed by atoms with Crippen LogP contribution >= 0.6 is 11.8 Å². The number of likely N-dealkylation sites (N-methyl/N-ethyl adjacent to an activating group) is 1. The van der Waals surface area contributed by atoms with Crippen molar-refractivity contribution in [2.75, 3.05) is 19.8 Å². The SMILES string of the molecule is CSc1ccc(CCN(C)C(C)CC(=O)O)cc1. The molecule has 3 nitrogen and oxygen atoms in total. The lowest BCUT2D eigenvalue weighted by Gasteiger charge is -2.23. The van der Waals surface area contributed by atoms with E-state index in [0.29, 0.717) is 0 Å². The molecule has 0 heterocycles. The maximum Gasteiger partial charge on any atom is 0.304 e. The van der Waals surface area contributed by atoms with Gasteiger partial charge in [-0.25, -0.2) is 0 Å². The molecule has 1 unspecified atom stereocenters. The molecule has 0 spiro atoms. The monoisotopic (exact) mass is 267 g/mol. The Hall–Kier alpha value is -1.00. The quantitative estimate of drug-likeness (QED) is 0.771. The highest BCUT2D eigenvalue weighted by molar-refractivity contribution is 7.98. The van der Waals surface area contributed by atoms with E-state index >= 15 is 0 Å². The van der Waals surface area contributed by atoms with Crippen molar-refractivity contribution < 1.29 is 9.90 Å². The third kappa shape index (κ3) is 5.10. The first kappa shape index (κ1) is 15.1. The van der Waals surface area contributed by atoms with E-state index in [1.807, 2.05) is 14.0 Å². The van der Waals surface area contributed by atoms with Crippen molar-refractivity contribution in [2.24, 2.45) is 0 Å². The molecule has 0 saturated carbocycles. The zero-order chi connectivity index (χ0) is 13.5. The first-order valence-corrected chi connectivity index (χ1v) is 7.30. The summed E-state index contributed by atoms with van der Waals surface area (Å²) in [4.78, 5) is 14.0. The zero-order valence-corrected chi connectivity index (χ0v) is 12.0. The van der Waals surface area contributed by atoms with E-state index in [1.165, 1.54) is 10.5 Å². The number of aliphatic carboxylic acids is 1. The normalized spacial score (nSPS) is 12.7. The van der Waals surface area contributed by atoms with Gasteiger partial charge in [0.15, 0.2) is 0 Å². The van der Waals surface area contributed by atoms with Crippen LogP contribution in [0.5, 0.6) is 0 Å². The molecule has 18 heavy (non-hydrogen) atoms. The number of carboxylic acids is 1. The number of carboxylic acid groups (broad SMARTS) is 1. The van der Waals surface area contributed by atoms with Gasteiger partial charge in [-0.2, -0.15) is 0 Å². The maximum absolute atomic E-state index is 10.6. The van der Waals surface area contributed by atoms with Crippen molar-refractivity contribution >= 4 is 17.7 Å². The fourth-order valence-corrected chi connectivity index (χ4v) is 2.13. The number of thioether (sulfide) groups is 1. The summed E-state index contributed by atoms with van der Waals surface area (Å²) < 4.78 is 0. The van der Waals surface area contributed by atoms with Crippen LogP contribution in [0, 0.1) is 0 Å². The van der Waals surface area contributed by atoms with E-state index in [1.54, 1.807) is 11.8 Å². The number of carbonyl (C=O) groups is 1. The molecule has 1 atom stereocenters. The van der Waals surface area contributed by atoms with E-state index in [4.69, 9.17) is 5.11 Å². The second-order valence-electron chi connectivity index (χ2n) is 4.53. The van der Waals surface area contributed by atoms with Gasteiger partial charge in [0.25, 0.3) is 0 Å². The number of hydrogen-bond donors (Lipinski definition) is 1. The molecule has 1 N–H and O–H groups in total. The first-order valence-electron chi connectivity index (χ1n) is 6.08. The second kappa shape index (κ2) is 7.44. The third-order valence-electron chi connectivity index (χ3n) is 3.13. The van der Waals surface area contributed by atoms with Crippen LogP contribution in [-0.4, -0.2) is 41.9 Å². The fourth-order valence-electron chi connectivity index (χ4n) is 1.73. The summed E-state index contributed by atoms with van der Waals surface area (Å²) in [6, 6.07) is 8.61. The predicted molar refractivity (Wildman–Crippen MR) is 76.3 cm³/mol. The van der Waals surface area contributed by atoms with Gasteiger partial charge in [0.1, 0.15) is 0 Å². The molecule has 0 aromatic heterocycles. The predicted octanol–water partition coefficient (Wildman–Crippen LogP) is 2.75. The fraction of sp³-hybridized carbons (Fsp3) is 0.500. The van der Waals surface area contributed by atoms with Gasteiger partial charge in [-0.1, -0.05) is 12.1 Å². The Morgan fingerprint density at radius 1 is 1.39 bits per heavy atom. The summed E-state index contributed by atoms with van der Waals surface area (Å²) in [6.07, 6.45) is 3.22. The molecule has 0 aliphatic heterocycles. The molecule has 0 radical (unpaired) electrons. The minimum absolute atomic E-state index is 0.0768. The average molecular weight is 267 g/mol. The van der Waals surface area contributed by atoms with Crippen molar-refractivity contribution in [3.8, 4) is 0 Å². The Kier molecular flexibility index (Phi) is 6.22. The van der Waals surface area contributed by atoms with Crippen LogP contribution in [0.25, 0.3) is 0 Å². The van der Waals surface area contributed by atoms with Crippen LogP contribution in [0.1, 0.15) is 18.9 Å². The molecule has 0 aliphatic rings. The lowest BCUT2D eigenvalue weighted by atomic mass is 10.1. The largest absolute Gasteiger partial charge is 0.481 e. The van der Waals surface area contributed by atoms with Crippen molar-refractivity contribution in [2.45, 2.75) is 30.7 Å². The summed E-state index contributed by atoms with van der Waals surface area (Å²) in [7, 11) is 1.98. The molecule has 0 bridgehead atoms. The van der Waals surface area contributed by atoms with Gasteiger partial charge in [0, 0.05) is 17.5 Å². The maximum atomic E-state index is 10.6. The van der Waals surface area contributed by atoms with Gasteiger partial charge in [-0.3, -0.25) is 4.79 Å². The van der Waals surface area contributed by atoms with E-state index in [-0.39, 0.29) is 12.5 Å². The molecular formula is C14H21NO2S. The van der Waals surface area contributed by atoms with Crippen molar-refractivity contribution in [1.29, 1.82) is 0 Å². The van der Waals surface area contributed by atoms with Gasteiger partial charge in [0.2, 0.25) is 0 Å². The highest BCUT2D eigenvalue weighted by atomic mass is 32.2. The van der Waals surface area contributed by atoms with Crippen molar-refractivity contribution in [3.63, 3.8) is 0 Å². The molecule has 100 valence electrons. The van der Waals surface area contributed by atoms with Crippen molar-refractivity contribution in [3.05, 3.63) is 29.8 Å². The van der Waals surface area contributed by atoms with Crippen LogP contribution in [-0.2, 0) is 11.2 Å². The summed E-state index contributed by atoms with van der Waals surface area (Å²) in [5.41, 5.74) is 1.29. The molecule has 0 fully saturated rings. The van der Waals surface area contributed by atoms with Crippen LogP contribution in [0.15, 0.2) is 29.2 Å². The van der Waals surface area contributed by atoms with E-state index in [2.05, 4.69) is 35.4 Å². The number of hydrogen-bond acceptors (Lipinski definition) is 3. The molecule has 1 aromatic carbocycles. The van der Waals surface area contributed by atoms with Gasteiger partial charge in [-0.05, 0) is 44.3 Å². The molecule has 0 aliphatic carbocycles. The second-order valence-corrected chi connectivity index (χ2v) is 5.41. The summed E-state index contributed by atoms with van der Waals surface area (Å²) in [5, 5.41) is 8.75. The van der Waals surface area contributed by atoms with Crippen LogP contribution in [0.3, 0.4) is 0 Å². The Labute approximate surface area is 113 Å². The lowest BCUT2D eigenvalue weighted by molar-refractivity contribution is -0.138.